The number of carbonyl (C=O) groups is 1. The topological polar surface area (TPSA) is 127 Å². The number of methoxy groups -OCH3 is 1. The third-order valence-corrected chi connectivity index (χ3v) is 7.77. The van der Waals surface area contributed by atoms with E-state index in [1.165, 1.54) is 25.3 Å². The number of carbonyl (C=O) groups excluding carboxylic acids is 1. The number of aliphatic hydroxyl groups excluding tert-OH is 2. The molecule has 0 saturated heterocycles. The Hall–Kier alpha value is -3.24. The van der Waals surface area contributed by atoms with Gasteiger partial charge in [-0.05, 0) is 62.1 Å². The Balaban J connectivity index is 1.64. The molecule has 2 heterocycles. The Morgan fingerprint density at radius 1 is 1.18 bits per heavy atom. The number of ether oxygens (including phenoxy) is 2. The number of benzene rings is 2. The molecule has 2 atom stereocenters. The minimum absolute atomic E-state index is 0.0976. The maximum Gasteiger partial charge on any atom is 0.249 e. The van der Waals surface area contributed by atoms with E-state index in [0.29, 0.717) is 18.5 Å². The zero-order valence-corrected chi connectivity index (χ0v) is 21.5. The first-order valence-corrected chi connectivity index (χ1v) is 12.8. The smallest absolute Gasteiger partial charge is 0.249 e. The number of rotatable bonds is 7. The SMILES string of the molecule is COc1ccc(C(N)=O)c(-c2c(Cl)ccc3c2[C@H](O)[C@@](CN[C@H]2CC[C@@H](O)CC2)(c2ccccn2)O3)c1F. The van der Waals surface area contributed by atoms with Crippen molar-refractivity contribution in [1.82, 2.24) is 10.3 Å². The molecule has 10 heteroatoms. The number of aromatic nitrogens is 1. The van der Waals surface area contributed by atoms with E-state index < -0.39 is 23.4 Å². The molecular formula is C28H29ClFN3O5. The summed E-state index contributed by atoms with van der Waals surface area (Å²) in [6.07, 6.45) is 2.87. The lowest BCUT2D eigenvalue weighted by molar-refractivity contribution is -0.0378. The van der Waals surface area contributed by atoms with Crippen LogP contribution in [0.15, 0.2) is 48.7 Å². The molecule has 0 spiro atoms. The highest BCUT2D eigenvalue weighted by atomic mass is 35.5. The number of hydrogen-bond acceptors (Lipinski definition) is 7. The standard InChI is InChI=1S/C28H29ClFN3O5/c1-37-20-11-9-17(27(31)36)22(25(20)30)23-18(29)10-12-19-24(23)26(35)28(38-19,21-4-2-3-13-32-21)14-33-15-5-7-16(34)8-6-15/h2-4,9-13,15-16,26,33-35H,5-8,14H2,1H3,(H2,31,36)/t15-,16+,26-,28+/m0/s1. The van der Waals surface area contributed by atoms with Gasteiger partial charge in [-0.25, -0.2) is 4.39 Å². The van der Waals surface area contributed by atoms with Crippen LogP contribution < -0.4 is 20.5 Å². The molecule has 5 N–H and O–H groups in total. The highest BCUT2D eigenvalue weighted by molar-refractivity contribution is 6.34. The number of fused-ring (bicyclic) bond motifs is 1. The van der Waals surface area contributed by atoms with Crippen LogP contribution in [0.5, 0.6) is 11.5 Å². The lowest BCUT2D eigenvalue weighted by atomic mass is 9.84. The van der Waals surface area contributed by atoms with Gasteiger partial charge in [-0.15, -0.1) is 0 Å². The molecule has 3 aromatic rings. The monoisotopic (exact) mass is 541 g/mol. The van der Waals surface area contributed by atoms with Crippen molar-refractivity contribution in [3.8, 4) is 22.6 Å². The first-order chi connectivity index (χ1) is 18.3. The molecule has 1 aliphatic carbocycles. The van der Waals surface area contributed by atoms with Crippen molar-refractivity contribution in [3.05, 3.63) is 76.3 Å². The number of nitrogens with two attached hydrogens (primary N) is 1. The van der Waals surface area contributed by atoms with E-state index in [0.717, 1.165) is 12.8 Å². The molecule has 1 aromatic heterocycles. The maximum absolute atomic E-state index is 15.7. The molecule has 8 nitrogen and oxygen atoms in total. The number of pyridine rings is 1. The molecular weight excluding hydrogens is 513 g/mol. The number of aliphatic hydroxyl groups is 2. The summed E-state index contributed by atoms with van der Waals surface area (Å²) < 4.78 is 27.3. The number of halogens is 2. The van der Waals surface area contributed by atoms with E-state index in [-0.39, 0.29) is 57.5 Å². The van der Waals surface area contributed by atoms with Crippen molar-refractivity contribution < 1.29 is 28.9 Å². The Kier molecular flexibility index (Phi) is 7.28. The summed E-state index contributed by atoms with van der Waals surface area (Å²) in [6, 6.07) is 11.2. The van der Waals surface area contributed by atoms with Gasteiger partial charge in [-0.2, -0.15) is 0 Å². The number of amides is 1. The van der Waals surface area contributed by atoms with Crippen molar-refractivity contribution >= 4 is 17.5 Å². The number of hydrogen-bond donors (Lipinski definition) is 4. The zero-order valence-electron chi connectivity index (χ0n) is 20.8. The predicted molar refractivity (Wildman–Crippen MR) is 140 cm³/mol. The summed E-state index contributed by atoms with van der Waals surface area (Å²) in [4.78, 5) is 16.8. The number of nitrogens with zero attached hydrogens (tertiary/aromatic N) is 1. The Morgan fingerprint density at radius 3 is 2.61 bits per heavy atom. The molecule has 1 saturated carbocycles. The van der Waals surface area contributed by atoms with E-state index >= 15 is 4.39 Å². The van der Waals surface area contributed by atoms with E-state index in [4.69, 9.17) is 26.8 Å². The van der Waals surface area contributed by atoms with Crippen LogP contribution in [0.3, 0.4) is 0 Å². The van der Waals surface area contributed by atoms with Crippen LogP contribution in [0.4, 0.5) is 4.39 Å². The van der Waals surface area contributed by atoms with Crippen LogP contribution in [0, 0.1) is 5.82 Å². The van der Waals surface area contributed by atoms with Gasteiger partial charge in [-0.1, -0.05) is 17.7 Å². The van der Waals surface area contributed by atoms with Crippen molar-refractivity contribution in [1.29, 1.82) is 0 Å². The Labute approximate surface area is 224 Å². The molecule has 1 aliphatic heterocycles. The normalized spacial score (nSPS) is 24.5. The molecule has 1 amide bonds. The quantitative estimate of drug-likeness (QED) is 0.358. The van der Waals surface area contributed by atoms with Gasteiger partial charge in [-0.3, -0.25) is 9.78 Å². The molecule has 0 radical (unpaired) electrons. The molecule has 0 bridgehead atoms. The average molecular weight is 542 g/mol. The van der Waals surface area contributed by atoms with Crippen molar-refractivity contribution in [2.24, 2.45) is 5.73 Å². The van der Waals surface area contributed by atoms with Crippen molar-refractivity contribution in [2.75, 3.05) is 13.7 Å². The van der Waals surface area contributed by atoms with Gasteiger partial charge in [0.25, 0.3) is 0 Å². The summed E-state index contributed by atoms with van der Waals surface area (Å²) in [5.41, 5.74) is 4.73. The first kappa shape index (κ1) is 26.4. The first-order valence-electron chi connectivity index (χ1n) is 12.5. The summed E-state index contributed by atoms with van der Waals surface area (Å²) in [7, 11) is 1.31. The summed E-state index contributed by atoms with van der Waals surface area (Å²) in [5.74, 6) is -1.52. The van der Waals surface area contributed by atoms with Crippen molar-refractivity contribution in [3.63, 3.8) is 0 Å². The van der Waals surface area contributed by atoms with Gasteiger partial charge in [0.15, 0.2) is 17.2 Å². The molecule has 200 valence electrons. The van der Waals surface area contributed by atoms with E-state index in [9.17, 15) is 15.0 Å². The van der Waals surface area contributed by atoms with Crippen LogP contribution >= 0.6 is 11.6 Å². The molecule has 2 aromatic carbocycles. The van der Waals surface area contributed by atoms with Crippen molar-refractivity contribution in [2.45, 2.75) is 49.5 Å². The van der Waals surface area contributed by atoms with E-state index in [2.05, 4.69) is 10.3 Å². The van der Waals surface area contributed by atoms with E-state index in [1.807, 2.05) is 0 Å². The van der Waals surface area contributed by atoms with Crippen LogP contribution in [-0.2, 0) is 5.60 Å². The van der Waals surface area contributed by atoms with Gasteiger partial charge in [0.05, 0.1) is 24.5 Å². The second kappa shape index (κ2) is 10.5. The predicted octanol–water partition coefficient (Wildman–Crippen LogP) is 3.86. The fraction of sp³-hybridized carbons (Fsp3) is 0.357. The lowest BCUT2D eigenvalue weighted by Gasteiger charge is -2.35. The van der Waals surface area contributed by atoms with Gasteiger partial charge in [0, 0.05) is 40.5 Å². The second-order valence-electron chi connectivity index (χ2n) is 9.70. The van der Waals surface area contributed by atoms with Crippen LogP contribution in [0.1, 0.15) is 53.4 Å². The minimum Gasteiger partial charge on any atom is -0.494 e. The lowest BCUT2D eigenvalue weighted by Crippen LogP contribution is -2.49. The minimum atomic E-state index is -1.37. The van der Waals surface area contributed by atoms with Crippen LogP contribution in [0.25, 0.3) is 11.1 Å². The second-order valence-corrected chi connectivity index (χ2v) is 10.1. The number of primary amides is 1. The maximum atomic E-state index is 15.7. The average Bonchev–Trinajstić information content (AvgIpc) is 3.21. The summed E-state index contributed by atoms with van der Waals surface area (Å²) in [5, 5.41) is 25.4. The Bertz CT molecular complexity index is 1350. The fourth-order valence-electron chi connectivity index (χ4n) is 5.44. The molecule has 2 aliphatic rings. The molecule has 1 fully saturated rings. The van der Waals surface area contributed by atoms with Gasteiger partial charge < -0.3 is 30.7 Å². The van der Waals surface area contributed by atoms with Gasteiger partial charge in [0.2, 0.25) is 5.91 Å². The fourth-order valence-corrected chi connectivity index (χ4v) is 5.70. The Morgan fingerprint density at radius 2 is 1.95 bits per heavy atom. The molecule has 0 unspecified atom stereocenters. The van der Waals surface area contributed by atoms with Crippen LogP contribution in [0.2, 0.25) is 5.02 Å². The van der Waals surface area contributed by atoms with Crippen LogP contribution in [-0.4, -0.2) is 46.9 Å². The largest absolute Gasteiger partial charge is 0.494 e. The third-order valence-electron chi connectivity index (χ3n) is 7.45. The molecule has 38 heavy (non-hydrogen) atoms. The van der Waals surface area contributed by atoms with E-state index in [1.54, 1.807) is 30.5 Å². The number of nitrogens with one attached hydrogen (secondary N) is 1. The highest BCUT2D eigenvalue weighted by Crippen LogP contribution is 2.54. The molecule has 5 rings (SSSR count). The highest BCUT2D eigenvalue weighted by Gasteiger charge is 2.52. The summed E-state index contributed by atoms with van der Waals surface area (Å²) >= 11 is 6.62. The van der Waals surface area contributed by atoms with Gasteiger partial charge >= 0.3 is 0 Å². The van der Waals surface area contributed by atoms with Gasteiger partial charge in [0.1, 0.15) is 11.9 Å². The summed E-state index contributed by atoms with van der Waals surface area (Å²) in [6.45, 7) is 0.181. The third kappa shape index (κ3) is 4.49. The zero-order chi connectivity index (χ0) is 27.0.